The zero-order chi connectivity index (χ0) is 33.3. The molecule has 8 aromatic carbocycles. The van der Waals surface area contributed by atoms with Gasteiger partial charge in [-0.2, -0.15) is 0 Å². The van der Waals surface area contributed by atoms with Gasteiger partial charge in [0.1, 0.15) is 11.3 Å². The summed E-state index contributed by atoms with van der Waals surface area (Å²) >= 11 is 0. The van der Waals surface area contributed by atoms with E-state index in [0.717, 1.165) is 50.5 Å². The van der Waals surface area contributed by atoms with E-state index in [0.29, 0.717) is 0 Å². The van der Waals surface area contributed by atoms with Crippen molar-refractivity contribution in [1.82, 2.24) is 0 Å². The molecular weight excluding hydrogens is 607 g/mol. The molecule has 2 heteroatoms. The van der Waals surface area contributed by atoms with Gasteiger partial charge >= 0.3 is 0 Å². The highest BCUT2D eigenvalue weighted by atomic mass is 16.3. The van der Waals surface area contributed by atoms with E-state index in [1.165, 1.54) is 33.0 Å². The van der Waals surface area contributed by atoms with Crippen LogP contribution in [0.2, 0.25) is 0 Å². The summed E-state index contributed by atoms with van der Waals surface area (Å²) in [7, 11) is 0. The standard InChI is InChI=1S/C48H33NO/c1-3-13-34(14-4-1)35-25-27-36(28-26-35)37-29-31-41(32-30-37)49(45-23-12-18-38-15-7-8-21-43(38)45)42-20-11-19-40(33-42)48-47(39-16-5-2-6-17-39)44-22-9-10-24-46(44)50-48/h1-33H. The fourth-order valence-corrected chi connectivity index (χ4v) is 7.05. The highest BCUT2D eigenvalue weighted by Crippen LogP contribution is 2.44. The maximum absolute atomic E-state index is 6.64. The van der Waals surface area contributed by atoms with Crippen LogP contribution in [0.3, 0.4) is 0 Å². The number of para-hydroxylation sites is 1. The monoisotopic (exact) mass is 639 g/mol. The van der Waals surface area contributed by atoms with Crippen molar-refractivity contribution < 1.29 is 4.42 Å². The third-order valence-corrected chi connectivity index (χ3v) is 9.48. The van der Waals surface area contributed by atoms with Crippen LogP contribution in [0.5, 0.6) is 0 Å². The molecule has 1 heterocycles. The van der Waals surface area contributed by atoms with Crippen molar-refractivity contribution in [2.24, 2.45) is 0 Å². The van der Waals surface area contributed by atoms with Gasteiger partial charge in [0.05, 0.1) is 5.69 Å². The minimum Gasteiger partial charge on any atom is -0.455 e. The quantitative estimate of drug-likeness (QED) is 0.173. The molecule has 0 bridgehead atoms. The Morgan fingerprint density at radius 3 is 1.58 bits per heavy atom. The molecule has 1 aromatic heterocycles. The van der Waals surface area contributed by atoms with Crippen LogP contribution in [0.4, 0.5) is 17.1 Å². The van der Waals surface area contributed by atoms with Crippen LogP contribution >= 0.6 is 0 Å². The van der Waals surface area contributed by atoms with E-state index in [-0.39, 0.29) is 0 Å². The first kappa shape index (κ1) is 29.5. The van der Waals surface area contributed by atoms with Crippen molar-refractivity contribution >= 4 is 38.8 Å². The Morgan fingerprint density at radius 1 is 0.340 bits per heavy atom. The van der Waals surface area contributed by atoms with Gasteiger partial charge < -0.3 is 9.32 Å². The van der Waals surface area contributed by atoms with Crippen LogP contribution in [0.15, 0.2) is 205 Å². The number of benzene rings is 8. The highest BCUT2D eigenvalue weighted by molar-refractivity contribution is 6.03. The summed E-state index contributed by atoms with van der Waals surface area (Å²) in [4.78, 5) is 2.36. The van der Waals surface area contributed by atoms with Crippen molar-refractivity contribution in [3.63, 3.8) is 0 Å². The van der Waals surface area contributed by atoms with E-state index in [1.807, 2.05) is 12.1 Å². The average Bonchev–Trinajstić information content (AvgIpc) is 3.59. The Bertz CT molecular complexity index is 2560. The van der Waals surface area contributed by atoms with Crippen molar-refractivity contribution in [3.8, 4) is 44.7 Å². The van der Waals surface area contributed by atoms with Crippen molar-refractivity contribution in [3.05, 3.63) is 200 Å². The van der Waals surface area contributed by atoms with E-state index in [2.05, 4.69) is 193 Å². The van der Waals surface area contributed by atoms with Crippen molar-refractivity contribution in [1.29, 1.82) is 0 Å². The van der Waals surface area contributed by atoms with Crippen LogP contribution in [-0.4, -0.2) is 0 Å². The number of anilines is 3. The lowest BCUT2D eigenvalue weighted by Crippen LogP contribution is -2.10. The molecule has 236 valence electrons. The predicted octanol–water partition coefficient (Wildman–Crippen LogP) is 13.7. The first-order valence-electron chi connectivity index (χ1n) is 17.0. The molecule has 0 amide bonds. The minimum absolute atomic E-state index is 0.867. The van der Waals surface area contributed by atoms with E-state index < -0.39 is 0 Å². The SMILES string of the molecule is c1ccc(-c2ccc(-c3ccc(N(c4cccc(-c5oc6ccccc6c5-c5ccccc5)c4)c4cccc5ccccc45)cc3)cc2)cc1. The summed E-state index contributed by atoms with van der Waals surface area (Å²) in [6.07, 6.45) is 0. The van der Waals surface area contributed by atoms with Crippen LogP contribution in [0.25, 0.3) is 66.4 Å². The fraction of sp³-hybridized carbons (Fsp3) is 0. The van der Waals surface area contributed by atoms with Gasteiger partial charge in [-0.3, -0.25) is 0 Å². The lowest BCUT2D eigenvalue weighted by atomic mass is 9.98. The smallest absolute Gasteiger partial charge is 0.143 e. The second-order valence-corrected chi connectivity index (χ2v) is 12.5. The summed E-state index contributed by atoms with van der Waals surface area (Å²) in [5, 5.41) is 3.50. The van der Waals surface area contributed by atoms with E-state index in [1.54, 1.807) is 0 Å². The van der Waals surface area contributed by atoms with Crippen molar-refractivity contribution in [2.75, 3.05) is 4.90 Å². The summed E-state index contributed by atoms with van der Waals surface area (Å²) in [5.74, 6) is 0.867. The molecule has 0 unspecified atom stereocenters. The number of nitrogens with zero attached hydrogens (tertiary/aromatic N) is 1. The van der Waals surface area contributed by atoms with E-state index in [4.69, 9.17) is 4.42 Å². The van der Waals surface area contributed by atoms with Gasteiger partial charge in [0.15, 0.2) is 0 Å². The Balaban J connectivity index is 1.16. The number of hydrogen-bond donors (Lipinski definition) is 0. The lowest BCUT2D eigenvalue weighted by Gasteiger charge is -2.27. The number of hydrogen-bond acceptors (Lipinski definition) is 2. The molecule has 0 atom stereocenters. The molecule has 0 saturated heterocycles. The summed E-state index contributed by atoms with van der Waals surface area (Å²) in [6.45, 7) is 0. The molecule has 0 saturated carbocycles. The minimum atomic E-state index is 0.867. The topological polar surface area (TPSA) is 16.4 Å². The first-order chi connectivity index (χ1) is 24.8. The maximum atomic E-state index is 6.64. The Labute approximate surface area is 292 Å². The number of fused-ring (bicyclic) bond motifs is 2. The molecule has 0 aliphatic rings. The zero-order valence-corrected chi connectivity index (χ0v) is 27.4. The second kappa shape index (κ2) is 12.8. The normalized spacial score (nSPS) is 11.2. The van der Waals surface area contributed by atoms with Gasteiger partial charge in [-0.05, 0) is 69.6 Å². The summed E-state index contributed by atoms with van der Waals surface area (Å²) in [5.41, 5.74) is 12.2. The van der Waals surface area contributed by atoms with Crippen LogP contribution in [-0.2, 0) is 0 Å². The van der Waals surface area contributed by atoms with Crippen molar-refractivity contribution in [2.45, 2.75) is 0 Å². The molecule has 0 spiro atoms. The molecule has 9 rings (SSSR count). The van der Waals surface area contributed by atoms with E-state index >= 15 is 0 Å². The first-order valence-corrected chi connectivity index (χ1v) is 17.0. The van der Waals surface area contributed by atoms with Gasteiger partial charge in [0, 0.05) is 33.3 Å². The predicted molar refractivity (Wildman–Crippen MR) is 210 cm³/mol. The largest absolute Gasteiger partial charge is 0.455 e. The molecule has 0 fully saturated rings. The molecule has 0 N–H and O–H groups in total. The van der Waals surface area contributed by atoms with E-state index in [9.17, 15) is 0 Å². The van der Waals surface area contributed by atoms with Gasteiger partial charge in [-0.15, -0.1) is 0 Å². The summed E-state index contributed by atoms with van der Waals surface area (Å²) in [6, 6.07) is 70.9. The Morgan fingerprint density at radius 2 is 0.860 bits per heavy atom. The Hall–Kier alpha value is -6.64. The molecule has 0 radical (unpaired) electrons. The van der Waals surface area contributed by atoms with Gasteiger partial charge in [0.25, 0.3) is 0 Å². The Kier molecular flexibility index (Phi) is 7.53. The number of rotatable bonds is 7. The zero-order valence-electron chi connectivity index (χ0n) is 27.4. The second-order valence-electron chi connectivity index (χ2n) is 12.5. The van der Waals surface area contributed by atoms with Gasteiger partial charge in [-0.1, -0.05) is 164 Å². The highest BCUT2D eigenvalue weighted by Gasteiger charge is 2.20. The molecule has 50 heavy (non-hydrogen) atoms. The molecule has 0 aliphatic heterocycles. The summed E-state index contributed by atoms with van der Waals surface area (Å²) < 4.78 is 6.64. The number of furan rings is 1. The maximum Gasteiger partial charge on any atom is 0.143 e. The third-order valence-electron chi connectivity index (χ3n) is 9.48. The van der Waals surface area contributed by atoms with Gasteiger partial charge in [0.2, 0.25) is 0 Å². The molecule has 9 aromatic rings. The average molecular weight is 640 g/mol. The van der Waals surface area contributed by atoms with Crippen LogP contribution < -0.4 is 4.90 Å². The fourth-order valence-electron chi connectivity index (χ4n) is 7.05. The molecular formula is C48H33NO. The van der Waals surface area contributed by atoms with Crippen LogP contribution in [0, 0.1) is 0 Å². The van der Waals surface area contributed by atoms with Gasteiger partial charge in [-0.25, -0.2) is 0 Å². The lowest BCUT2D eigenvalue weighted by molar-refractivity contribution is 0.632. The molecule has 0 aliphatic carbocycles. The van der Waals surface area contributed by atoms with Crippen LogP contribution in [0.1, 0.15) is 0 Å². The molecule has 2 nitrogen and oxygen atoms in total. The third kappa shape index (κ3) is 5.43.